The first-order chi connectivity index (χ1) is 8.18. The number of likely N-dealkylation sites (tertiary alicyclic amines) is 1. The fourth-order valence-corrected chi connectivity index (χ4v) is 1.94. The number of likely N-dealkylation sites (N-methyl/N-ethyl adjacent to an activating group) is 1. The fraction of sp³-hybridized carbons (Fsp3) is 0.385. The second-order valence-corrected chi connectivity index (χ2v) is 4.21. The third-order valence-electron chi connectivity index (χ3n) is 3.02. The Balaban J connectivity index is 1.98. The van der Waals surface area contributed by atoms with Crippen LogP contribution in [0.5, 0.6) is 0 Å². The van der Waals surface area contributed by atoms with Gasteiger partial charge in [-0.1, -0.05) is 18.2 Å². The number of rotatable bonds is 3. The van der Waals surface area contributed by atoms with E-state index in [9.17, 15) is 9.59 Å². The van der Waals surface area contributed by atoms with Gasteiger partial charge >= 0.3 is 0 Å². The molecular weight excluding hydrogens is 216 g/mol. The summed E-state index contributed by atoms with van der Waals surface area (Å²) in [5.41, 5.74) is 0.851. The van der Waals surface area contributed by atoms with Crippen molar-refractivity contribution in [3.63, 3.8) is 0 Å². The first-order valence-electron chi connectivity index (χ1n) is 5.78. The van der Waals surface area contributed by atoms with E-state index in [2.05, 4.69) is 0 Å². The molecule has 0 spiro atoms. The lowest BCUT2D eigenvalue weighted by Crippen LogP contribution is -2.38. The molecule has 1 heterocycles. The molecule has 0 bridgehead atoms. The Hall–Kier alpha value is -1.84. The van der Waals surface area contributed by atoms with Gasteiger partial charge in [0, 0.05) is 25.7 Å². The van der Waals surface area contributed by atoms with Crippen molar-refractivity contribution >= 4 is 17.5 Å². The summed E-state index contributed by atoms with van der Waals surface area (Å²) >= 11 is 0. The molecule has 0 saturated carbocycles. The molecule has 0 N–H and O–H groups in total. The van der Waals surface area contributed by atoms with Gasteiger partial charge in [-0.3, -0.25) is 9.59 Å². The van der Waals surface area contributed by atoms with Crippen molar-refractivity contribution in [2.75, 3.05) is 25.0 Å². The van der Waals surface area contributed by atoms with Crippen LogP contribution in [0.25, 0.3) is 0 Å². The van der Waals surface area contributed by atoms with Gasteiger partial charge in [0.2, 0.25) is 11.8 Å². The summed E-state index contributed by atoms with van der Waals surface area (Å²) in [5, 5.41) is 0. The number of hydrogen-bond donors (Lipinski definition) is 0. The molecule has 0 radical (unpaired) electrons. The Morgan fingerprint density at radius 1 is 1.35 bits per heavy atom. The fourth-order valence-electron chi connectivity index (χ4n) is 1.94. The second-order valence-electron chi connectivity index (χ2n) is 4.21. The molecule has 1 saturated heterocycles. The van der Waals surface area contributed by atoms with Gasteiger partial charge in [0.15, 0.2) is 0 Å². The van der Waals surface area contributed by atoms with Crippen LogP contribution in [0.3, 0.4) is 0 Å². The number of para-hydroxylation sites is 1. The highest BCUT2D eigenvalue weighted by Gasteiger charge is 2.23. The van der Waals surface area contributed by atoms with Gasteiger partial charge in [-0.05, 0) is 18.6 Å². The summed E-state index contributed by atoms with van der Waals surface area (Å²) < 4.78 is 0. The molecular formula is C13H16N2O2. The van der Waals surface area contributed by atoms with E-state index in [1.807, 2.05) is 30.3 Å². The summed E-state index contributed by atoms with van der Waals surface area (Å²) in [5.74, 6) is 0.0336. The van der Waals surface area contributed by atoms with Crippen LogP contribution in [0, 0.1) is 0 Å². The van der Waals surface area contributed by atoms with Crippen LogP contribution in [0.1, 0.15) is 12.8 Å². The molecule has 1 aliphatic rings. The Kier molecular flexibility index (Phi) is 3.42. The van der Waals surface area contributed by atoms with Crippen molar-refractivity contribution in [3.8, 4) is 0 Å². The minimum atomic E-state index is -0.0496. The maximum atomic E-state index is 12.0. The smallest absolute Gasteiger partial charge is 0.246 e. The highest BCUT2D eigenvalue weighted by Crippen LogP contribution is 2.13. The molecule has 1 aromatic carbocycles. The summed E-state index contributed by atoms with van der Waals surface area (Å²) in [6.45, 7) is 0.886. The Labute approximate surface area is 101 Å². The first kappa shape index (κ1) is 11.6. The minimum Gasteiger partial charge on any atom is -0.333 e. The Morgan fingerprint density at radius 2 is 2.06 bits per heavy atom. The van der Waals surface area contributed by atoms with E-state index in [1.54, 1.807) is 16.8 Å². The number of carbonyl (C=O) groups is 2. The van der Waals surface area contributed by atoms with Gasteiger partial charge in [-0.25, -0.2) is 0 Å². The zero-order valence-corrected chi connectivity index (χ0v) is 9.93. The van der Waals surface area contributed by atoms with E-state index < -0.39 is 0 Å². The standard InChI is InChI=1S/C13H16N2O2/c1-14(11-6-3-2-4-7-11)13(17)10-15-9-5-8-12(15)16/h2-4,6-7H,5,8-10H2,1H3. The van der Waals surface area contributed by atoms with Gasteiger partial charge in [-0.15, -0.1) is 0 Å². The third kappa shape index (κ3) is 2.64. The summed E-state index contributed by atoms with van der Waals surface area (Å²) in [7, 11) is 1.73. The lowest BCUT2D eigenvalue weighted by molar-refractivity contribution is -0.132. The molecule has 2 rings (SSSR count). The Morgan fingerprint density at radius 3 is 2.65 bits per heavy atom. The highest BCUT2D eigenvalue weighted by atomic mass is 16.2. The molecule has 0 unspecified atom stereocenters. The topological polar surface area (TPSA) is 40.6 Å². The van der Waals surface area contributed by atoms with Crippen molar-refractivity contribution in [1.82, 2.24) is 4.90 Å². The maximum absolute atomic E-state index is 12.0. The van der Waals surface area contributed by atoms with Gasteiger partial charge in [0.05, 0.1) is 0 Å². The second kappa shape index (κ2) is 4.99. The van der Waals surface area contributed by atoms with Crippen LogP contribution in [-0.4, -0.2) is 36.9 Å². The molecule has 0 atom stereocenters. The van der Waals surface area contributed by atoms with Crippen LogP contribution in [0.15, 0.2) is 30.3 Å². The molecule has 1 aromatic rings. The average molecular weight is 232 g/mol. The number of nitrogens with zero attached hydrogens (tertiary/aromatic N) is 2. The van der Waals surface area contributed by atoms with Gasteiger partial charge in [0.1, 0.15) is 6.54 Å². The molecule has 4 nitrogen and oxygen atoms in total. The van der Waals surface area contributed by atoms with Crippen LogP contribution < -0.4 is 4.90 Å². The van der Waals surface area contributed by atoms with E-state index in [1.165, 1.54) is 0 Å². The van der Waals surface area contributed by atoms with Crippen LogP contribution in [-0.2, 0) is 9.59 Å². The highest BCUT2D eigenvalue weighted by molar-refractivity contribution is 5.96. The number of hydrogen-bond acceptors (Lipinski definition) is 2. The normalized spacial score (nSPS) is 15.1. The lowest BCUT2D eigenvalue weighted by Gasteiger charge is -2.21. The molecule has 1 aliphatic heterocycles. The SMILES string of the molecule is CN(C(=O)CN1CCCC1=O)c1ccccc1. The zero-order chi connectivity index (χ0) is 12.3. The van der Waals surface area contributed by atoms with E-state index in [0.29, 0.717) is 13.0 Å². The minimum absolute atomic E-state index is 0.0496. The number of amides is 2. The quantitative estimate of drug-likeness (QED) is 0.787. The molecule has 17 heavy (non-hydrogen) atoms. The summed E-state index contributed by atoms with van der Waals surface area (Å²) in [6.07, 6.45) is 1.43. The number of anilines is 1. The lowest BCUT2D eigenvalue weighted by atomic mass is 10.3. The van der Waals surface area contributed by atoms with Crippen LogP contribution in [0.4, 0.5) is 5.69 Å². The van der Waals surface area contributed by atoms with E-state index in [-0.39, 0.29) is 18.4 Å². The first-order valence-corrected chi connectivity index (χ1v) is 5.78. The molecule has 0 aromatic heterocycles. The van der Waals surface area contributed by atoms with Crippen LogP contribution >= 0.6 is 0 Å². The monoisotopic (exact) mass is 232 g/mol. The van der Waals surface area contributed by atoms with Crippen molar-refractivity contribution in [2.24, 2.45) is 0 Å². The van der Waals surface area contributed by atoms with Crippen molar-refractivity contribution in [3.05, 3.63) is 30.3 Å². The van der Waals surface area contributed by atoms with Crippen molar-refractivity contribution < 1.29 is 9.59 Å². The maximum Gasteiger partial charge on any atom is 0.246 e. The molecule has 90 valence electrons. The molecule has 1 fully saturated rings. The van der Waals surface area contributed by atoms with Gasteiger partial charge in [0.25, 0.3) is 0 Å². The molecule has 2 amide bonds. The predicted octanol–water partition coefficient (Wildman–Crippen LogP) is 1.27. The predicted molar refractivity (Wildman–Crippen MR) is 65.7 cm³/mol. The van der Waals surface area contributed by atoms with E-state index >= 15 is 0 Å². The van der Waals surface area contributed by atoms with Crippen molar-refractivity contribution in [2.45, 2.75) is 12.8 Å². The van der Waals surface area contributed by atoms with E-state index in [4.69, 9.17) is 0 Å². The molecule has 0 aliphatic carbocycles. The largest absolute Gasteiger partial charge is 0.333 e. The number of benzene rings is 1. The summed E-state index contributed by atoms with van der Waals surface area (Å²) in [6, 6.07) is 9.44. The van der Waals surface area contributed by atoms with Crippen molar-refractivity contribution in [1.29, 1.82) is 0 Å². The zero-order valence-electron chi connectivity index (χ0n) is 9.93. The van der Waals surface area contributed by atoms with Crippen LogP contribution in [0.2, 0.25) is 0 Å². The number of carbonyl (C=O) groups excluding carboxylic acids is 2. The van der Waals surface area contributed by atoms with Gasteiger partial charge < -0.3 is 9.80 Å². The molecule has 4 heteroatoms. The Bertz CT molecular complexity index is 417. The average Bonchev–Trinajstić information content (AvgIpc) is 2.75. The third-order valence-corrected chi connectivity index (χ3v) is 3.02. The van der Waals surface area contributed by atoms with E-state index in [0.717, 1.165) is 12.1 Å². The van der Waals surface area contributed by atoms with Gasteiger partial charge in [-0.2, -0.15) is 0 Å². The summed E-state index contributed by atoms with van der Waals surface area (Å²) in [4.78, 5) is 26.6.